The molecule has 0 spiro atoms. The van der Waals surface area contributed by atoms with Crippen molar-refractivity contribution >= 4 is 21.8 Å². The van der Waals surface area contributed by atoms with Crippen LogP contribution in [0.3, 0.4) is 0 Å². The monoisotopic (exact) mass is 418 g/mol. The first-order valence-corrected chi connectivity index (χ1v) is 13.5. The van der Waals surface area contributed by atoms with Gasteiger partial charge in [-0.3, -0.25) is 0 Å². The minimum atomic E-state index is -0.741. The molecule has 0 aromatic heterocycles. The summed E-state index contributed by atoms with van der Waals surface area (Å²) >= 11 is 1.94. The van der Waals surface area contributed by atoms with Crippen molar-refractivity contribution in [3.8, 4) is 11.2 Å². The van der Waals surface area contributed by atoms with Crippen molar-refractivity contribution < 1.29 is 56.5 Å². The summed E-state index contributed by atoms with van der Waals surface area (Å²) in [6.07, 6.45) is 16.7. The molecule has 0 aliphatic carbocycles. The minimum absolute atomic E-state index is 0. The standard InChI is InChI=1S/C22H35OS2.K/c1-25(2,3)20-16-22-14-12-21(13-15-22)11-8-6-4-5-7-9-18-24-19-10-17-23;/h12-15H,4-11,17-19H2,1-3H3;/q-1;+1. The number of hydrogen-bond donors (Lipinski definition) is 0. The average Bonchev–Trinajstić information content (AvgIpc) is 2.58. The summed E-state index contributed by atoms with van der Waals surface area (Å²) in [7, 11) is -0.741. The predicted molar refractivity (Wildman–Crippen MR) is 117 cm³/mol. The third-order valence-corrected chi connectivity index (χ3v) is 5.76. The van der Waals surface area contributed by atoms with Gasteiger partial charge >= 0.3 is 51.4 Å². The van der Waals surface area contributed by atoms with Gasteiger partial charge in [0.25, 0.3) is 0 Å². The van der Waals surface area contributed by atoms with Gasteiger partial charge in [0, 0.05) is 5.56 Å². The van der Waals surface area contributed by atoms with Gasteiger partial charge in [0.1, 0.15) is 0 Å². The van der Waals surface area contributed by atoms with Crippen molar-refractivity contribution in [1.29, 1.82) is 0 Å². The maximum Gasteiger partial charge on any atom is 1.00 e. The molecule has 0 radical (unpaired) electrons. The van der Waals surface area contributed by atoms with E-state index in [1.54, 1.807) is 0 Å². The van der Waals surface area contributed by atoms with E-state index in [2.05, 4.69) is 54.2 Å². The van der Waals surface area contributed by atoms with Gasteiger partial charge in [0.2, 0.25) is 0 Å². The number of hydrogen-bond acceptors (Lipinski definition) is 2. The molecule has 0 bridgehead atoms. The van der Waals surface area contributed by atoms with Crippen molar-refractivity contribution in [2.45, 2.75) is 51.4 Å². The quantitative estimate of drug-likeness (QED) is 0.295. The zero-order valence-corrected chi connectivity index (χ0v) is 22.1. The normalized spacial score (nSPS) is 11.4. The van der Waals surface area contributed by atoms with Gasteiger partial charge < -0.3 is 5.11 Å². The van der Waals surface area contributed by atoms with Gasteiger partial charge in [-0.1, -0.05) is 50.2 Å². The van der Waals surface area contributed by atoms with Crippen molar-refractivity contribution in [2.75, 3.05) is 36.9 Å². The zero-order chi connectivity index (χ0) is 18.4. The summed E-state index contributed by atoms with van der Waals surface area (Å²) in [6, 6.07) is 8.80. The van der Waals surface area contributed by atoms with Gasteiger partial charge in [-0.2, -0.15) is 21.8 Å². The molecule has 0 heterocycles. The molecular formula is C22H35KOS2. The van der Waals surface area contributed by atoms with Gasteiger partial charge in [0.05, 0.1) is 0 Å². The molecular weight excluding hydrogens is 383 g/mol. The van der Waals surface area contributed by atoms with E-state index in [1.165, 1.54) is 56.3 Å². The molecule has 0 saturated heterocycles. The molecule has 26 heavy (non-hydrogen) atoms. The number of aryl methyl sites for hydroxylation is 1. The molecule has 1 rings (SSSR count). The molecule has 0 amide bonds. The van der Waals surface area contributed by atoms with Crippen LogP contribution in [-0.2, 0) is 6.42 Å². The fraction of sp³-hybridized carbons (Fsp3) is 0.636. The van der Waals surface area contributed by atoms with Crippen LogP contribution < -0.4 is 56.5 Å². The summed E-state index contributed by atoms with van der Waals surface area (Å²) in [5.74, 6) is 5.57. The fourth-order valence-electron chi connectivity index (χ4n) is 2.47. The first-order valence-electron chi connectivity index (χ1n) is 9.47. The van der Waals surface area contributed by atoms with E-state index in [-0.39, 0.29) is 58.0 Å². The molecule has 0 aliphatic rings. The topological polar surface area (TPSA) is 23.1 Å². The molecule has 0 aliphatic heterocycles. The van der Waals surface area contributed by atoms with Crippen molar-refractivity contribution in [3.05, 3.63) is 35.4 Å². The summed E-state index contributed by atoms with van der Waals surface area (Å²) in [5, 5.41) is 13.7. The SMILES string of the molecule is CS(C)(C)C#Cc1ccc(CCCCCCCCSCCC[O-])cc1.[K+]. The Labute approximate surface area is 210 Å². The Balaban J connectivity index is 0.00000625. The van der Waals surface area contributed by atoms with E-state index >= 15 is 0 Å². The molecule has 142 valence electrons. The van der Waals surface area contributed by atoms with Crippen LogP contribution in [0.25, 0.3) is 0 Å². The van der Waals surface area contributed by atoms with E-state index in [1.807, 2.05) is 11.8 Å². The van der Waals surface area contributed by atoms with Crippen molar-refractivity contribution in [3.63, 3.8) is 0 Å². The van der Waals surface area contributed by atoms with Gasteiger partial charge in [-0.05, 0) is 72.5 Å². The molecule has 1 nitrogen and oxygen atoms in total. The smallest absolute Gasteiger partial charge is 0.854 e. The summed E-state index contributed by atoms with van der Waals surface area (Å²) in [4.78, 5) is 0. The summed E-state index contributed by atoms with van der Waals surface area (Å²) in [5.41, 5.74) is 2.57. The summed E-state index contributed by atoms with van der Waals surface area (Å²) in [6.45, 7) is 0.0843. The second kappa shape index (κ2) is 17.0. The van der Waals surface area contributed by atoms with Crippen LogP contribution in [0, 0.1) is 11.2 Å². The fourth-order valence-corrected chi connectivity index (χ4v) is 3.83. The van der Waals surface area contributed by atoms with Crippen LogP contribution in [0.1, 0.15) is 56.1 Å². The molecule has 0 N–H and O–H groups in total. The van der Waals surface area contributed by atoms with Gasteiger partial charge in [-0.25, -0.2) is 0 Å². The number of thioether (sulfide) groups is 1. The maximum atomic E-state index is 10.3. The van der Waals surface area contributed by atoms with Crippen LogP contribution in [0.15, 0.2) is 24.3 Å². The zero-order valence-electron chi connectivity index (χ0n) is 17.3. The molecule has 1 aromatic rings. The molecule has 1 aromatic carbocycles. The van der Waals surface area contributed by atoms with Crippen LogP contribution in [0.2, 0.25) is 0 Å². The number of rotatable bonds is 12. The Bertz CT molecular complexity index is 512. The molecule has 0 fully saturated rings. The average molecular weight is 419 g/mol. The van der Waals surface area contributed by atoms with Crippen LogP contribution >= 0.6 is 21.8 Å². The second-order valence-corrected chi connectivity index (χ2v) is 12.4. The van der Waals surface area contributed by atoms with Crippen LogP contribution in [0.5, 0.6) is 0 Å². The first-order chi connectivity index (χ1) is 12.0. The third-order valence-electron chi connectivity index (χ3n) is 3.89. The number of unbranched alkanes of at least 4 members (excludes halogenated alkanes) is 5. The van der Waals surface area contributed by atoms with Crippen molar-refractivity contribution in [2.24, 2.45) is 0 Å². The van der Waals surface area contributed by atoms with E-state index in [0.29, 0.717) is 0 Å². The molecule has 0 atom stereocenters. The minimum Gasteiger partial charge on any atom is -0.854 e. The maximum absolute atomic E-state index is 10.3. The van der Waals surface area contributed by atoms with E-state index in [0.717, 1.165) is 17.7 Å². The van der Waals surface area contributed by atoms with E-state index in [9.17, 15) is 5.11 Å². The molecule has 0 unspecified atom stereocenters. The molecule has 0 saturated carbocycles. The molecule has 4 heteroatoms. The largest absolute Gasteiger partial charge is 1.00 e. The Morgan fingerprint density at radius 2 is 1.42 bits per heavy atom. The number of benzene rings is 1. The first kappa shape index (κ1) is 27.1. The van der Waals surface area contributed by atoms with E-state index < -0.39 is 10.0 Å². The summed E-state index contributed by atoms with van der Waals surface area (Å²) < 4.78 is 0. The van der Waals surface area contributed by atoms with Gasteiger partial charge in [-0.15, -0.1) is 6.61 Å². The predicted octanol–water partition coefficient (Wildman–Crippen LogP) is 2.06. The Kier molecular flexibility index (Phi) is 17.7. The van der Waals surface area contributed by atoms with Gasteiger partial charge in [0.15, 0.2) is 0 Å². The second-order valence-electron chi connectivity index (χ2n) is 7.30. The van der Waals surface area contributed by atoms with Crippen LogP contribution in [0.4, 0.5) is 0 Å². The van der Waals surface area contributed by atoms with E-state index in [4.69, 9.17) is 0 Å². The van der Waals surface area contributed by atoms with Crippen molar-refractivity contribution in [1.82, 2.24) is 0 Å². The third kappa shape index (κ3) is 16.1. The Morgan fingerprint density at radius 3 is 2.04 bits per heavy atom. The Morgan fingerprint density at radius 1 is 0.846 bits per heavy atom. The van der Waals surface area contributed by atoms with Crippen LogP contribution in [-0.4, -0.2) is 36.9 Å². The Hall–Kier alpha value is 1.08.